The lowest BCUT2D eigenvalue weighted by molar-refractivity contribution is 0.313. The van der Waals surface area contributed by atoms with Gasteiger partial charge in [0.25, 0.3) is 0 Å². The fraction of sp³-hybridized carbons (Fsp3) is 0.462. The van der Waals surface area contributed by atoms with Gasteiger partial charge in [-0.2, -0.15) is 20.2 Å². The van der Waals surface area contributed by atoms with Gasteiger partial charge in [-0.05, 0) is 115 Å². The highest BCUT2D eigenvalue weighted by atomic mass is 32.1. The maximum Gasteiger partial charge on any atom is 0.520 e. The number of hydrogen-bond acceptors (Lipinski definition) is 8. The number of nitriles is 2. The van der Waals surface area contributed by atoms with Gasteiger partial charge < -0.3 is 9.47 Å². The highest BCUT2D eigenvalue weighted by Crippen LogP contribution is 2.73. The van der Waals surface area contributed by atoms with Crippen LogP contribution in [0.15, 0.2) is 23.5 Å². The molecule has 10 rings (SSSR count). The molecule has 0 saturated heterocycles. The molecule has 0 bridgehead atoms. The molecule has 0 atom stereocenters. The maximum atomic E-state index is 9.67. The fourth-order valence-corrected chi connectivity index (χ4v) is 17.5. The van der Waals surface area contributed by atoms with Crippen molar-refractivity contribution in [1.82, 2.24) is 0 Å². The molecule has 6 aliphatic carbocycles. The lowest BCUT2D eigenvalue weighted by Gasteiger charge is -2.44. The number of rotatable bonds is 10. The van der Waals surface area contributed by atoms with Gasteiger partial charge >= 0.3 is 5.82 Å². The van der Waals surface area contributed by atoms with Crippen molar-refractivity contribution in [1.29, 1.82) is 10.5 Å². The van der Waals surface area contributed by atoms with Crippen LogP contribution in [0, 0.1) is 35.8 Å². The molecule has 3 spiro atoms. The summed E-state index contributed by atoms with van der Waals surface area (Å²) in [5.41, 5.74) is 9.28. The molecule has 0 radical (unpaired) electrons. The van der Waals surface area contributed by atoms with Gasteiger partial charge in [-0.25, -0.2) is 0 Å². The molecule has 0 aromatic carbocycles. The zero-order valence-corrected chi connectivity index (χ0v) is 38.9. The lowest BCUT2D eigenvalue weighted by Crippen LogP contribution is -2.37. The molecule has 6 aliphatic rings. The number of ether oxygens (including phenoxy) is 2. The minimum atomic E-state index is -0.100. The Labute approximate surface area is 382 Å². The van der Waals surface area contributed by atoms with E-state index in [2.05, 4.69) is 82.6 Å². The van der Waals surface area contributed by atoms with Crippen LogP contribution in [-0.4, -0.2) is 13.2 Å². The normalized spacial score (nSPS) is 19.3. The zero-order valence-electron chi connectivity index (χ0n) is 35.6. The Morgan fingerprint density at radius 3 is 1.42 bits per heavy atom. The second-order valence-corrected chi connectivity index (χ2v) is 22.3. The van der Waals surface area contributed by atoms with Crippen molar-refractivity contribution in [3.8, 4) is 33.4 Å². The summed E-state index contributed by atoms with van der Waals surface area (Å²) in [4.78, 5) is 17.1. The zero-order chi connectivity index (χ0) is 42.6. The van der Waals surface area contributed by atoms with Gasteiger partial charge in [-0.3, -0.25) is 0 Å². The minimum absolute atomic E-state index is 0.0248. The number of fused-ring (bicyclic) bond motifs is 11. The molecule has 0 amide bonds. The Morgan fingerprint density at radius 2 is 1.02 bits per heavy atom. The predicted molar refractivity (Wildman–Crippen MR) is 257 cm³/mol. The molecule has 314 valence electrons. The van der Waals surface area contributed by atoms with Crippen LogP contribution in [0.1, 0.15) is 175 Å². The van der Waals surface area contributed by atoms with Crippen LogP contribution in [0.25, 0.3) is 54.9 Å². The van der Waals surface area contributed by atoms with E-state index in [0.717, 1.165) is 59.8 Å². The number of allylic oxidation sites excluding steroid dienone is 3. The topological polar surface area (TPSA) is 74.8 Å². The maximum absolute atomic E-state index is 9.67. The van der Waals surface area contributed by atoms with E-state index in [1.807, 2.05) is 0 Å². The van der Waals surface area contributed by atoms with Crippen LogP contribution in [0.2, 0.25) is 0 Å². The first-order valence-electron chi connectivity index (χ1n) is 22.7. The Balaban J connectivity index is 1.16. The van der Waals surface area contributed by atoms with Gasteiger partial charge in [0.15, 0.2) is 0 Å². The van der Waals surface area contributed by atoms with Crippen LogP contribution >= 0.6 is 45.3 Å². The molecule has 4 aromatic rings. The van der Waals surface area contributed by atoms with E-state index in [4.69, 9.17) is 22.6 Å². The van der Waals surface area contributed by atoms with E-state index in [-0.39, 0.29) is 27.6 Å². The third-order valence-electron chi connectivity index (χ3n) is 14.6. The smallest absolute Gasteiger partial charge is 0.492 e. The lowest BCUT2D eigenvalue weighted by atomic mass is 9.58. The average Bonchev–Trinajstić information content (AvgIpc) is 4.17. The van der Waals surface area contributed by atoms with Crippen LogP contribution in [0.5, 0.6) is 11.5 Å². The molecule has 0 unspecified atom stereocenters. The summed E-state index contributed by atoms with van der Waals surface area (Å²) in [6, 6.07) is 8.29. The van der Waals surface area contributed by atoms with E-state index in [1.54, 1.807) is 66.8 Å². The van der Waals surface area contributed by atoms with Gasteiger partial charge in [-0.15, -0.1) is 45.3 Å². The van der Waals surface area contributed by atoms with Crippen molar-refractivity contribution in [3.05, 3.63) is 97.9 Å². The third kappa shape index (κ3) is 6.27. The third-order valence-corrected chi connectivity index (χ3v) is 19.2. The quantitative estimate of drug-likeness (QED) is 0.117. The molecule has 10 heteroatoms. The Kier molecular flexibility index (Phi) is 11.0. The highest BCUT2D eigenvalue weighted by molar-refractivity contribution is 7.24. The standard InChI is InChI=1S/C52H50N4O2S4/c1-5-22-57-37-25-33(24-32(30-53)31-54)59-46(37)35-28-39-42(50(35)16-10-7-11-17-50)44-48(61-39)49-45(52(44)20-14-9-15-21-52)43-40(62-49)29-36(51(43)18-12-8-13-19-51)47-38(58-23-6-2)26-34(60-47)27-41(55-3)56-4/h24-29H,5-23H2,1-2H3. The van der Waals surface area contributed by atoms with Gasteiger partial charge in [0, 0.05) is 51.6 Å². The van der Waals surface area contributed by atoms with Crippen LogP contribution in [0.3, 0.4) is 0 Å². The first-order chi connectivity index (χ1) is 30.4. The summed E-state index contributed by atoms with van der Waals surface area (Å²) in [6.07, 6.45) is 28.4. The minimum Gasteiger partial charge on any atom is -0.492 e. The molecule has 0 N–H and O–H groups in total. The highest BCUT2D eigenvalue weighted by Gasteiger charge is 2.59. The summed E-state index contributed by atoms with van der Waals surface area (Å²) in [5.74, 6) is 1.87. The van der Waals surface area contributed by atoms with Gasteiger partial charge in [0.05, 0.1) is 23.0 Å². The van der Waals surface area contributed by atoms with E-state index in [0.29, 0.717) is 13.2 Å². The molecule has 4 aromatic heterocycles. The van der Waals surface area contributed by atoms with Crippen molar-refractivity contribution in [2.45, 2.75) is 139 Å². The Hall–Kier alpha value is -4.68. The SMILES string of the molecule is [C-]#[N+]C(=Cc1cc(OCCC)c(C2=Cc3sc4c(c3C23CCCCC3)C2(CCCCC2)c2c-4sc3c2C2(CCCCC2)C(c2sc(C=C(C#N)C#N)cc2OCCC)=C3)s1)[N+]#[C-]. The summed E-state index contributed by atoms with van der Waals surface area (Å²) < 4.78 is 13.1. The molecule has 3 saturated carbocycles. The summed E-state index contributed by atoms with van der Waals surface area (Å²) in [6.45, 7) is 20.7. The summed E-state index contributed by atoms with van der Waals surface area (Å²) >= 11 is 7.50. The van der Waals surface area contributed by atoms with Crippen molar-refractivity contribution in [2.75, 3.05) is 13.2 Å². The molecule has 4 heterocycles. The largest absolute Gasteiger partial charge is 0.520 e. The molecule has 3 fully saturated rings. The number of hydrogen-bond donors (Lipinski definition) is 0. The van der Waals surface area contributed by atoms with Crippen LogP contribution in [-0.2, 0) is 16.2 Å². The first kappa shape index (κ1) is 41.3. The van der Waals surface area contributed by atoms with Crippen LogP contribution in [0.4, 0.5) is 0 Å². The average molecular weight is 891 g/mol. The Morgan fingerprint density at radius 1 is 0.597 bits per heavy atom. The van der Waals surface area contributed by atoms with Crippen molar-refractivity contribution < 1.29 is 9.47 Å². The van der Waals surface area contributed by atoms with Gasteiger partial charge in [0.2, 0.25) is 0 Å². The molecule has 0 aliphatic heterocycles. The second-order valence-electron chi connectivity index (χ2n) is 18.0. The van der Waals surface area contributed by atoms with Crippen molar-refractivity contribution in [2.24, 2.45) is 0 Å². The van der Waals surface area contributed by atoms with Gasteiger partial charge in [0.1, 0.15) is 42.4 Å². The van der Waals surface area contributed by atoms with E-state index >= 15 is 0 Å². The Bertz CT molecular complexity index is 2560. The fourth-order valence-electron chi connectivity index (χ4n) is 12.2. The molecule has 62 heavy (non-hydrogen) atoms. The number of nitrogens with zero attached hydrogens (tertiary/aromatic N) is 4. The van der Waals surface area contributed by atoms with E-state index in [1.165, 1.54) is 101 Å². The molecular weight excluding hydrogens is 841 g/mol. The van der Waals surface area contributed by atoms with E-state index in [9.17, 15) is 10.5 Å². The van der Waals surface area contributed by atoms with Crippen molar-refractivity contribution in [3.63, 3.8) is 0 Å². The predicted octanol–water partition coefficient (Wildman–Crippen LogP) is 15.8. The molecule has 6 nitrogen and oxygen atoms in total. The van der Waals surface area contributed by atoms with Crippen LogP contribution < -0.4 is 9.47 Å². The second kappa shape index (κ2) is 16.5. The summed E-state index contributed by atoms with van der Waals surface area (Å²) in [7, 11) is 0. The van der Waals surface area contributed by atoms with E-state index < -0.39 is 0 Å². The summed E-state index contributed by atoms with van der Waals surface area (Å²) in [5, 5.41) is 19.3. The number of thiophene rings is 4. The van der Waals surface area contributed by atoms with Gasteiger partial charge in [-0.1, -0.05) is 71.6 Å². The first-order valence-corrected chi connectivity index (χ1v) is 26.0. The molecular formula is C52H50N4O2S4. The monoisotopic (exact) mass is 890 g/mol. The van der Waals surface area contributed by atoms with Crippen molar-refractivity contribution >= 4 is 80.8 Å².